The monoisotopic (exact) mass is 394 g/mol. The number of ether oxygens (including phenoxy) is 2. The van der Waals surface area contributed by atoms with E-state index in [1.54, 1.807) is 32.5 Å². The number of nitrogens with zero attached hydrogens (tertiary/aromatic N) is 1. The summed E-state index contributed by atoms with van der Waals surface area (Å²) in [6.07, 6.45) is 2.02. The Kier molecular flexibility index (Phi) is 6.22. The molecule has 29 heavy (non-hydrogen) atoms. The fraction of sp³-hybridized carbons (Fsp3) is 0.304. The van der Waals surface area contributed by atoms with Gasteiger partial charge in [0.1, 0.15) is 11.3 Å². The van der Waals surface area contributed by atoms with Gasteiger partial charge in [-0.25, -0.2) is 0 Å². The number of phenolic OH excluding ortho intramolecular Hbond substituents is 1. The first-order valence-corrected chi connectivity index (χ1v) is 9.52. The number of hydrogen-bond donors (Lipinski definition) is 2. The molecular formula is C23H26N2O4. The van der Waals surface area contributed by atoms with Crippen LogP contribution in [-0.4, -0.2) is 30.2 Å². The number of aromatic hydroxyl groups is 1. The molecule has 6 heteroatoms. The number of nitrogens with one attached hydrogen (secondary N) is 1. The fourth-order valence-electron chi connectivity index (χ4n) is 3.34. The van der Waals surface area contributed by atoms with Gasteiger partial charge in [0.15, 0.2) is 11.5 Å². The number of carbonyl (C=O) groups is 1. The first kappa shape index (κ1) is 20.5. The van der Waals surface area contributed by atoms with E-state index in [0.29, 0.717) is 29.0 Å². The minimum atomic E-state index is -0.563. The lowest BCUT2D eigenvalue weighted by molar-refractivity contribution is -0.122. The number of benzene rings is 2. The van der Waals surface area contributed by atoms with Crippen LogP contribution < -0.4 is 14.8 Å². The summed E-state index contributed by atoms with van der Waals surface area (Å²) in [5.41, 5.74) is 1.83. The Hall–Kier alpha value is -3.28. The third kappa shape index (κ3) is 4.42. The number of amides is 1. The lowest BCUT2D eigenvalue weighted by Crippen LogP contribution is -2.30. The van der Waals surface area contributed by atoms with Gasteiger partial charge in [0, 0.05) is 23.6 Å². The molecule has 3 aromatic rings. The Balaban J connectivity index is 2.11. The van der Waals surface area contributed by atoms with Crippen molar-refractivity contribution in [3.05, 3.63) is 59.8 Å². The van der Waals surface area contributed by atoms with Gasteiger partial charge >= 0.3 is 0 Å². The zero-order valence-corrected chi connectivity index (χ0v) is 17.1. The normalized spacial score (nSPS) is 12.0. The molecule has 6 nitrogen and oxygen atoms in total. The fourth-order valence-corrected chi connectivity index (χ4v) is 3.34. The summed E-state index contributed by atoms with van der Waals surface area (Å²) in [6, 6.07) is 12.3. The van der Waals surface area contributed by atoms with Gasteiger partial charge in [0.2, 0.25) is 5.91 Å². The van der Waals surface area contributed by atoms with Crippen molar-refractivity contribution in [3.63, 3.8) is 0 Å². The van der Waals surface area contributed by atoms with Crippen molar-refractivity contribution >= 4 is 16.8 Å². The van der Waals surface area contributed by atoms with Crippen LogP contribution in [0.3, 0.4) is 0 Å². The number of hydrogen-bond acceptors (Lipinski definition) is 5. The van der Waals surface area contributed by atoms with Crippen molar-refractivity contribution in [2.75, 3.05) is 14.2 Å². The van der Waals surface area contributed by atoms with Crippen LogP contribution in [0.25, 0.3) is 10.9 Å². The largest absolute Gasteiger partial charge is 0.505 e. The first-order chi connectivity index (χ1) is 13.9. The summed E-state index contributed by atoms with van der Waals surface area (Å²) in [4.78, 5) is 16.9. The van der Waals surface area contributed by atoms with E-state index in [4.69, 9.17) is 9.47 Å². The molecule has 152 valence electrons. The van der Waals surface area contributed by atoms with Gasteiger partial charge < -0.3 is 19.9 Å². The number of methoxy groups -OCH3 is 2. The summed E-state index contributed by atoms with van der Waals surface area (Å²) in [6.45, 7) is 3.98. The molecule has 0 saturated heterocycles. The first-order valence-electron chi connectivity index (χ1n) is 9.52. The van der Waals surface area contributed by atoms with E-state index in [1.165, 1.54) is 0 Å². The lowest BCUT2D eigenvalue weighted by atomic mass is 9.95. The summed E-state index contributed by atoms with van der Waals surface area (Å²) in [7, 11) is 3.13. The van der Waals surface area contributed by atoms with Gasteiger partial charge in [-0.15, -0.1) is 0 Å². The predicted molar refractivity (Wildman–Crippen MR) is 112 cm³/mol. The second-order valence-corrected chi connectivity index (χ2v) is 7.29. The second-order valence-electron chi connectivity index (χ2n) is 7.29. The van der Waals surface area contributed by atoms with Crippen LogP contribution in [0.4, 0.5) is 0 Å². The van der Waals surface area contributed by atoms with Gasteiger partial charge in [0.05, 0.1) is 20.3 Å². The van der Waals surface area contributed by atoms with E-state index in [2.05, 4.69) is 10.3 Å². The number of phenols is 1. The minimum absolute atomic E-state index is 0.0488. The Morgan fingerprint density at radius 2 is 1.86 bits per heavy atom. The van der Waals surface area contributed by atoms with Gasteiger partial charge in [-0.3, -0.25) is 9.78 Å². The Morgan fingerprint density at radius 1 is 1.10 bits per heavy atom. The second kappa shape index (κ2) is 8.82. The van der Waals surface area contributed by atoms with Crippen molar-refractivity contribution in [2.24, 2.45) is 5.92 Å². The topological polar surface area (TPSA) is 80.7 Å². The van der Waals surface area contributed by atoms with E-state index in [1.807, 2.05) is 44.2 Å². The Morgan fingerprint density at radius 3 is 2.55 bits per heavy atom. The number of rotatable bonds is 7. The van der Waals surface area contributed by atoms with Crippen molar-refractivity contribution in [1.29, 1.82) is 0 Å². The number of aromatic nitrogens is 1. The Labute approximate surface area is 170 Å². The van der Waals surface area contributed by atoms with Crippen LogP contribution in [0.15, 0.2) is 48.7 Å². The molecule has 0 radical (unpaired) electrons. The van der Waals surface area contributed by atoms with Crippen molar-refractivity contribution in [1.82, 2.24) is 10.3 Å². The molecule has 1 atom stereocenters. The summed E-state index contributed by atoms with van der Waals surface area (Å²) in [5, 5.41) is 14.8. The van der Waals surface area contributed by atoms with Crippen molar-refractivity contribution in [3.8, 4) is 17.2 Å². The maximum Gasteiger partial charge on any atom is 0.221 e. The van der Waals surface area contributed by atoms with Crippen LogP contribution in [0.5, 0.6) is 17.2 Å². The molecule has 0 unspecified atom stereocenters. The lowest BCUT2D eigenvalue weighted by Gasteiger charge is -2.23. The van der Waals surface area contributed by atoms with Gasteiger partial charge in [0.25, 0.3) is 0 Å². The third-order valence-electron chi connectivity index (χ3n) is 4.73. The SMILES string of the molecule is COc1ccc([C@@H](NC(=O)CC(C)C)c2ccc3cccnc3c2O)cc1OC. The maximum atomic E-state index is 12.6. The molecule has 0 saturated carbocycles. The summed E-state index contributed by atoms with van der Waals surface area (Å²) >= 11 is 0. The van der Waals surface area contributed by atoms with Gasteiger partial charge in [-0.05, 0) is 29.7 Å². The predicted octanol–water partition coefficient (Wildman–Crippen LogP) is 4.21. The Bertz CT molecular complexity index is 1020. The smallest absolute Gasteiger partial charge is 0.221 e. The van der Waals surface area contributed by atoms with E-state index in [0.717, 1.165) is 10.9 Å². The molecular weight excluding hydrogens is 368 g/mol. The molecule has 1 aromatic heterocycles. The van der Waals surface area contributed by atoms with E-state index < -0.39 is 6.04 Å². The van der Waals surface area contributed by atoms with Crippen LogP contribution >= 0.6 is 0 Å². The summed E-state index contributed by atoms with van der Waals surface area (Å²) < 4.78 is 10.7. The molecule has 0 bridgehead atoms. The van der Waals surface area contributed by atoms with Crippen LogP contribution in [0, 0.1) is 5.92 Å². The van der Waals surface area contributed by atoms with Crippen LogP contribution in [0.2, 0.25) is 0 Å². The van der Waals surface area contributed by atoms with E-state index in [-0.39, 0.29) is 17.6 Å². The van der Waals surface area contributed by atoms with Crippen molar-refractivity contribution < 1.29 is 19.4 Å². The highest BCUT2D eigenvalue weighted by Gasteiger charge is 2.23. The quantitative estimate of drug-likeness (QED) is 0.627. The highest BCUT2D eigenvalue weighted by molar-refractivity contribution is 5.86. The number of carbonyl (C=O) groups excluding carboxylic acids is 1. The van der Waals surface area contributed by atoms with Gasteiger partial charge in [-0.2, -0.15) is 0 Å². The van der Waals surface area contributed by atoms with E-state index in [9.17, 15) is 9.90 Å². The summed E-state index contributed by atoms with van der Waals surface area (Å²) in [5.74, 6) is 1.31. The van der Waals surface area contributed by atoms with E-state index >= 15 is 0 Å². The minimum Gasteiger partial charge on any atom is -0.505 e. The van der Waals surface area contributed by atoms with Crippen LogP contribution in [0.1, 0.15) is 37.4 Å². The molecule has 0 spiro atoms. The molecule has 2 aromatic carbocycles. The molecule has 0 aliphatic rings. The average molecular weight is 394 g/mol. The molecule has 1 amide bonds. The molecule has 3 rings (SSSR count). The molecule has 0 aliphatic heterocycles. The molecule has 0 aliphatic carbocycles. The zero-order valence-electron chi connectivity index (χ0n) is 17.1. The highest BCUT2D eigenvalue weighted by Crippen LogP contribution is 2.37. The molecule has 2 N–H and O–H groups in total. The number of fused-ring (bicyclic) bond motifs is 1. The van der Waals surface area contributed by atoms with Crippen molar-refractivity contribution in [2.45, 2.75) is 26.3 Å². The van der Waals surface area contributed by atoms with Gasteiger partial charge in [-0.1, -0.05) is 38.1 Å². The molecule has 0 fully saturated rings. The van der Waals surface area contributed by atoms with Crippen LogP contribution in [-0.2, 0) is 4.79 Å². The molecule has 1 heterocycles. The zero-order chi connectivity index (χ0) is 21.0. The third-order valence-corrected chi connectivity index (χ3v) is 4.73. The maximum absolute atomic E-state index is 12.6. The highest BCUT2D eigenvalue weighted by atomic mass is 16.5. The standard InChI is InChI=1S/C23H26N2O4/c1-14(2)12-20(26)25-21(16-8-10-18(28-3)19(13-16)29-4)17-9-7-15-6-5-11-24-22(15)23(17)27/h5-11,13-14,21,27H,12H2,1-4H3,(H,25,26)/t21-/m1/s1. The average Bonchev–Trinajstić information content (AvgIpc) is 2.72. The number of pyridine rings is 1.